The minimum Gasteiger partial charge on any atom is -0.286 e. The summed E-state index contributed by atoms with van der Waals surface area (Å²) in [7, 11) is 0. The van der Waals surface area contributed by atoms with E-state index in [1.54, 1.807) is 11.8 Å². The van der Waals surface area contributed by atoms with Crippen molar-refractivity contribution in [2.45, 2.75) is 44.8 Å². The third-order valence-electron chi connectivity index (χ3n) is 1.80. The van der Waals surface area contributed by atoms with Crippen molar-refractivity contribution in [1.29, 1.82) is 0 Å². The number of thioether (sulfide) groups is 1. The number of carbonyl (C=O) groups is 1. The molecule has 0 saturated carbocycles. The van der Waals surface area contributed by atoms with Crippen LogP contribution in [0.25, 0.3) is 0 Å². The molecule has 0 saturated heterocycles. The van der Waals surface area contributed by atoms with Crippen molar-refractivity contribution in [3.05, 3.63) is 0 Å². The van der Waals surface area contributed by atoms with Crippen LogP contribution < -0.4 is 0 Å². The topological polar surface area (TPSA) is 17.1 Å². The largest absolute Gasteiger partial charge is 0.286 e. The van der Waals surface area contributed by atoms with Crippen molar-refractivity contribution in [3.8, 4) is 0 Å². The molecule has 0 N–H and O–H groups in total. The fourth-order valence-corrected chi connectivity index (χ4v) is 2.48. The molecule has 0 amide bonds. The first-order chi connectivity index (χ1) is 5.56. The van der Waals surface area contributed by atoms with Crippen molar-refractivity contribution in [3.63, 3.8) is 0 Å². The highest BCUT2D eigenvalue weighted by Gasteiger charge is 2.29. The maximum Gasteiger partial charge on any atom is 0.201 e. The molecule has 0 aromatic rings. The third kappa shape index (κ3) is 3.85. The maximum absolute atomic E-state index is 11.2. The highest BCUT2D eigenvalue weighted by Crippen LogP contribution is 2.32. The quantitative estimate of drug-likeness (QED) is 0.672. The average Bonchev–Trinajstić information content (AvgIpc) is 2.01. The number of hydrogen-bond donors (Lipinski definition) is 1. The SMILES string of the molecule is CCCSC(C)(CCC)C(=O)S. The van der Waals surface area contributed by atoms with Gasteiger partial charge in [0, 0.05) is 0 Å². The Morgan fingerprint density at radius 3 is 2.33 bits per heavy atom. The zero-order chi connectivity index (χ0) is 9.61. The van der Waals surface area contributed by atoms with Gasteiger partial charge in [-0.05, 0) is 25.5 Å². The van der Waals surface area contributed by atoms with E-state index in [9.17, 15) is 4.79 Å². The molecule has 0 radical (unpaired) electrons. The first-order valence-corrected chi connectivity index (χ1v) is 5.87. The van der Waals surface area contributed by atoms with Gasteiger partial charge in [0.05, 0.1) is 4.75 Å². The first-order valence-electron chi connectivity index (χ1n) is 4.44. The Balaban J connectivity index is 4.08. The predicted molar refractivity (Wildman–Crippen MR) is 60.1 cm³/mol. The third-order valence-corrected chi connectivity index (χ3v) is 4.09. The van der Waals surface area contributed by atoms with Crippen LogP contribution in [0.1, 0.15) is 40.0 Å². The Kier molecular flexibility index (Phi) is 6.10. The van der Waals surface area contributed by atoms with E-state index in [4.69, 9.17) is 0 Å². The molecule has 0 spiro atoms. The normalized spacial score (nSPS) is 15.7. The Bertz CT molecular complexity index is 147. The van der Waals surface area contributed by atoms with Crippen LogP contribution >= 0.6 is 24.4 Å². The average molecular weight is 206 g/mol. The van der Waals surface area contributed by atoms with Crippen molar-refractivity contribution in [2.24, 2.45) is 0 Å². The van der Waals surface area contributed by atoms with E-state index in [-0.39, 0.29) is 9.86 Å². The summed E-state index contributed by atoms with van der Waals surface area (Å²) in [6.07, 6.45) is 3.09. The van der Waals surface area contributed by atoms with E-state index in [0.29, 0.717) is 0 Å². The van der Waals surface area contributed by atoms with Gasteiger partial charge < -0.3 is 0 Å². The van der Waals surface area contributed by atoms with Crippen molar-refractivity contribution < 1.29 is 4.79 Å². The highest BCUT2D eigenvalue weighted by molar-refractivity contribution is 8.06. The Labute approximate surface area is 85.1 Å². The van der Waals surface area contributed by atoms with Gasteiger partial charge in [-0.2, -0.15) is 0 Å². The molecule has 1 unspecified atom stereocenters. The van der Waals surface area contributed by atoms with Crippen molar-refractivity contribution >= 4 is 29.5 Å². The molecule has 0 aliphatic heterocycles. The Morgan fingerprint density at radius 1 is 1.42 bits per heavy atom. The summed E-state index contributed by atoms with van der Waals surface area (Å²) in [4.78, 5) is 11.2. The Morgan fingerprint density at radius 2 is 2.00 bits per heavy atom. The second-order valence-corrected chi connectivity index (χ2v) is 5.14. The van der Waals surface area contributed by atoms with Crippen LogP contribution in [-0.4, -0.2) is 15.6 Å². The van der Waals surface area contributed by atoms with Gasteiger partial charge in [-0.25, -0.2) is 0 Å². The van der Waals surface area contributed by atoms with Crippen molar-refractivity contribution in [1.82, 2.24) is 0 Å². The van der Waals surface area contributed by atoms with Crippen LogP contribution in [-0.2, 0) is 4.79 Å². The van der Waals surface area contributed by atoms with Gasteiger partial charge in [0.25, 0.3) is 0 Å². The lowest BCUT2D eigenvalue weighted by Gasteiger charge is -2.24. The monoisotopic (exact) mass is 206 g/mol. The number of carbonyl (C=O) groups excluding carboxylic acids is 1. The summed E-state index contributed by atoms with van der Waals surface area (Å²) in [6, 6.07) is 0. The van der Waals surface area contributed by atoms with Gasteiger partial charge in [-0.15, -0.1) is 24.4 Å². The van der Waals surface area contributed by atoms with Crippen molar-refractivity contribution in [2.75, 3.05) is 5.75 Å². The number of hydrogen-bond acceptors (Lipinski definition) is 2. The molecular formula is C9H18OS2. The van der Waals surface area contributed by atoms with Crippen LogP contribution in [0.4, 0.5) is 0 Å². The van der Waals surface area contributed by atoms with Crippen LogP contribution in [0.5, 0.6) is 0 Å². The van der Waals surface area contributed by atoms with Gasteiger partial charge in [0.2, 0.25) is 5.12 Å². The molecule has 72 valence electrons. The minimum atomic E-state index is -0.256. The summed E-state index contributed by atoms with van der Waals surface area (Å²) < 4.78 is -0.256. The maximum atomic E-state index is 11.2. The molecule has 1 atom stereocenters. The molecule has 0 fully saturated rings. The fourth-order valence-electron chi connectivity index (χ4n) is 1.05. The smallest absolute Gasteiger partial charge is 0.201 e. The van der Waals surface area contributed by atoms with Crippen LogP contribution in [0.15, 0.2) is 0 Å². The molecule has 0 aliphatic carbocycles. The molecule has 0 aliphatic rings. The highest BCUT2D eigenvalue weighted by atomic mass is 32.2. The second kappa shape index (κ2) is 5.92. The molecular weight excluding hydrogens is 188 g/mol. The van der Waals surface area contributed by atoms with E-state index >= 15 is 0 Å². The van der Waals surface area contributed by atoms with E-state index in [1.807, 2.05) is 6.92 Å². The molecule has 12 heavy (non-hydrogen) atoms. The summed E-state index contributed by atoms with van der Waals surface area (Å²) in [5.74, 6) is 1.04. The first kappa shape index (κ1) is 12.4. The zero-order valence-corrected chi connectivity index (χ0v) is 9.80. The van der Waals surface area contributed by atoms with Crippen LogP contribution in [0, 0.1) is 0 Å². The summed E-state index contributed by atoms with van der Waals surface area (Å²) in [5, 5.41) is 0.0165. The van der Waals surface area contributed by atoms with E-state index in [0.717, 1.165) is 25.0 Å². The van der Waals surface area contributed by atoms with E-state index < -0.39 is 0 Å². The number of thiol groups is 1. The van der Waals surface area contributed by atoms with Gasteiger partial charge in [0.1, 0.15) is 0 Å². The standard InChI is InChI=1S/C9H18OS2/c1-4-6-9(3,8(10)11)12-7-5-2/h4-7H2,1-3H3,(H,10,11). The van der Waals surface area contributed by atoms with Gasteiger partial charge in [-0.3, -0.25) is 4.79 Å². The fraction of sp³-hybridized carbons (Fsp3) is 0.889. The second-order valence-electron chi connectivity index (χ2n) is 3.13. The van der Waals surface area contributed by atoms with E-state index in [2.05, 4.69) is 26.5 Å². The molecule has 0 aromatic heterocycles. The Hall–Kier alpha value is 0.370. The molecule has 0 heterocycles. The lowest BCUT2D eigenvalue weighted by Crippen LogP contribution is -2.28. The molecule has 0 bridgehead atoms. The van der Waals surface area contributed by atoms with E-state index in [1.165, 1.54) is 0 Å². The molecule has 0 rings (SSSR count). The van der Waals surface area contributed by atoms with Crippen LogP contribution in [0.3, 0.4) is 0 Å². The molecule has 3 heteroatoms. The predicted octanol–water partition coefficient (Wildman–Crippen LogP) is 3.14. The zero-order valence-electron chi connectivity index (χ0n) is 8.09. The lowest BCUT2D eigenvalue weighted by atomic mass is 10.1. The van der Waals surface area contributed by atoms with Gasteiger partial charge in [-0.1, -0.05) is 20.3 Å². The van der Waals surface area contributed by atoms with Crippen LogP contribution in [0.2, 0.25) is 0 Å². The van der Waals surface area contributed by atoms with Gasteiger partial charge >= 0.3 is 0 Å². The summed E-state index contributed by atoms with van der Waals surface area (Å²) in [6.45, 7) is 6.22. The lowest BCUT2D eigenvalue weighted by molar-refractivity contribution is -0.112. The summed E-state index contributed by atoms with van der Waals surface area (Å²) >= 11 is 5.66. The minimum absolute atomic E-state index is 0.0165. The number of rotatable bonds is 6. The van der Waals surface area contributed by atoms with Gasteiger partial charge in [0.15, 0.2) is 0 Å². The molecule has 1 nitrogen and oxygen atoms in total. The summed E-state index contributed by atoms with van der Waals surface area (Å²) in [5.41, 5.74) is 0. The molecule has 0 aromatic carbocycles.